The quantitative estimate of drug-likeness (QED) is 0.511. The van der Waals surface area contributed by atoms with Crippen molar-refractivity contribution in [2.24, 2.45) is 5.92 Å². The molecule has 3 aromatic rings. The number of hydrogen-bond acceptors (Lipinski definition) is 5. The molecule has 5 heteroatoms. The van der Waals surface area contributed by atoms with E-state index in [2.05, 4.69) is 55.1 Å². The van der Waals surface area contributed by atoms with Gasteiger partial charge in [-0.15, -0.1) is 0 Å². The van der Waals surface area contributed by atoms with Gasteiger partial charge in [-0.1, -0.05) is 37.3 Å². The fourth-order valence-electron chi connectivity index (χ4n) is 4.22. The first-order valence-electron chi connectivity index (χ1n) is 11.3. The number of anilines is 1. The molecule has 0 saturated carbocycles. The maximum Gasteiger partial charge on any atom is 0.360 e. The molecular weight excluding hydrogens is 386 g/mol. The van der Waals surface area contributed by atoms with Gasteiger partial charge in [-0.2, -0.15) is 0 Å². The van der Waals surface area contributed by atoms with Crippen LogP contribution in [0.2, 0.25) is 0 Å². The molecule has 0 aliphatic carbocycles. The second kappa shape index (κ2) is 9.46. The Labute approximate surface area is 184 Å². The Balaban J connectivity index is 1.59. The highest BCUT2D eigenvalue weighted by Gasteiger charge is 2.27. The Hall–Kier alpha value is -2.95. The summed E-state index contributed by atoms with van der Waals surface area (Å²) in [6.45, 7) is 8.26. The van der Waals surface area contributed by atoms with E-state index >= 15 is 0 Å². The second-order valence-corrected chi connectivity index (χ2v) is 8.58. The molecule has 0 spiro atoms. The number of nitrogens with zero attached hydrogens (tertiary/aromatic N) is 3. The van der Waals surface area contributed by atoms with Crippen molar-refractivity contribution in [3.05, 3.63) is 64.8 Å². The fourth-order valence-corrected chi connectivity index (χ4v) is 4.22. The van der Waals surface area contributed by atoms with Crippen LogP contribution in [0.15, 0.2) is 42.5 Å². The minimum atomic E-state index is -0.379. The molecule has 162 valence electrons. The van der Waals surface area contributed by atoms with E-state index in [0.717, 1.165) is 55.4 Å². The van der Waals surface area contributed by atoms with Gasteiger partial charge >= 0.3 is 5.97 Å². The molecule has 1 aliphatic rings. The normalized spacial score (nSPS) is 14.7. The van der Waals surface area contributed by atoms with Gasteiger partial charge in [0.1, 0.15) is 0 Å². The molecule has 4 rings (SSSR count). The van der Waals surface area contributed by atoms with Crippen molar-refractivity contribution in [2.75, 3.05) is 24.6 Å². The largest absolute Gasteiger partial charge is 0.461 e. The van der Waals surface area contributed by atoms with Crippen molar-refractivity contribution in [3.8, 4) is 0 Å². The van der Waals surface area contributed by atoms with Crippen molar-refractivity contribution in [1.82, 2.24) is 9.97 Å². The highest BCUT2D eigenvalue weighted by Crippen LogP contribution is 2.29. The summed E-state index contributed by atoms with van der Waals surface area (Å²) in [4.78, 5) is 24.6. The third kappa shape index (κ3) is 4.87. The maximum atomic E-state index is 12.8. The monoisotopic (exact) mass is 417 g/mol. The maximum absolute atomic E-state index is 12.8. The van der Waals surface area contributed by atoms with Crippen molar-refractivity contribution in [3.63, 3.8) is 0 Å². The Kier molecular flexibility index (Phi) is 6.50. The lowest BCUT2D eigenvalue weighted by Gasteiger charge is -2.33. The highest BCUT2D eigenvalue weighted by molar-refractivity contribution is 5.95. The number of carbonyl (C=O) groups excluding carboxylic acids is 1. The standard InChI is InChI=1S/C26H31N3O2/c1-4-14-31-26(30)24-25(28-23-16-19(3)18(2)15-22(23)27-24)29-12-10-21(11-13-29)17-20-8-6-5-7-9-20/h5-9,15-16,21H,4,10-14,17H2,1-3H3. The summed E-state index contributed by atoms with van der Waals surface area (Å²) in [7, 11) is 0. The number of hydrogen-bond donors (Lipinski definition) is 0. The number of fused-ring (bicyclic) bond motifs is 1. The van der Waals surface area contributed by atoms with Crippen LogP contribution in [0.4, 0.5) is 5.82 Å². The summed E-state index contributed by atoms with van der Waals surface area (Å²) >= 11 is 0. The number of esters is 1. The van der Waals surface area contributed by atoms with E-state index in [1.165, 1.54) is 11.1 Å². The lowest BCUT2D eigenvalue weighted by atomic mass is 9.90. The number of rotatable bonds is 6. The lowest BCUT2D eigenvalue weighted by Crippen LogP contribution is -2.36. The molecule has 1 aromatic heterocycles. The molecule has 2 aromatic carbocycles. The van der Waals surface area contributed by atoms with Crippen LogP contribution in [-0.4, -0.2) is 35.6 Å². The molecule has 0 radical (unpaired) electrons. The van der Waals surface area contributed by atoms with Crippen molar-refractivity contribution in [1.29, 1.82) is 0 Å². The van der Waals surface area contributed by atoms with E-state index in [1.807, 2.05) is 13.0 Å². The van der Waals surface area contributed by atoms with Gasteiger partial charge in [0.2, 0.25) is 0 Å². The first-order chi connectivity index (χ1) is 15.0. The molecular formula is C26H31N3O2. The third-order valence-corrected chi connectivity index (χ3v) is 6.17. The minimum absolute atomic E-state index is 0.339. The molecule has 31 heavy (non-hydrogen) atoms. The fraction of sp³-hybridized carbons (Fsp3) is 0.423. The lowest BCUT2D eigenvalue weighted by molar-refractivity contribution is 0.0499. The van der Waals surface area contributed by atoms with Crippen molar-refractivity contribution in [2.45, 2.75) is 46.5 Å². The predicted molar refractivity (Wildman–Crippen MR) is 125 cm³/mol. The summed E-state index contributed by atoms with van der Waals surface area (Å²) in [6.07, 6.45) is 4.03. The van der Waals surface area contributed by atoms with Crippen molar-refractivity contribution < 1.29 is 9.53 Å². The van der Waals surface area contributed by atoms with Crippen LogP contribution in [0, 0.1) is 19.8 Å². The van der Waals surface area contributed by atoms with Gasteiger partial charge in [0, 0.05) is 13.1 Å². The zero-order valence-corrected chi connectivity index (χ0v) is 18.7. The summed E-state index contributed by atoms with van der Waals surface area (Å²) in [5, 5.41) is 0. The topological polar surface area (TPSA) is 55.3 Å². The molecule has 0 atom stereocenters. The van der Waals surface area contributed by atoms with E-state index in [1.54, 1.807) is 0 Å². The van der Waals surface area contributed by atoms with Crippen LogP contribution in [0.25, 0.3) is 11.0 Å². The SMILES string of the molecule is CCCOC(=O)c1nc2cc(C)c(C)cc2nc1N1CCC(Cc2ccccc2)CC1. The van der Waals surface area contributed by atoms with Crippen LogP contribution in [-0.2, 0) is 11.2 Å². The van der Waals surface area contributed by atoms with Gasteiger partial charge in [0.25, 0.3) is 0 Å². The van der Waals surface area contributed by atoms with Gasteiger partial charge in [0.05, 0.1) is 17.6 Å². The summed E-state index contributed by atoms with van der Waals surface area (Å²) in [5.74, 6) is 0.929. The van der Waals surface area contributed by atoms with E-state index in [0.29, 0.717) is 24.0 Å². The average molecular weight is 418 g/mol. The zero-order chi connectivity index (χ0) is 21.8. The van der Waals surface area contributed by atoms with Gasteiger partial charge in [-0.3, -0.25) is 0 Å². The Morgan fingerprint density at radius 2 is 1.68 bits per heavy atom. The minimum Gasteiger partial charge on any atom is -0.461 e. The van der Waals surface area contributed by atoms with Gasteiger partial charge in [0.15, 0.2) is 11.5 Å². The average Bonchev–Trinajstić information content (AvgIpc) is 2.79. The number of carbonyl (C=O) groups is 1. The molecule has 5 nitrogen and oxygen atoms in total. The third-order valence-electron chi connectivity index (χ3n) is 6.17. The highest BCUT2D eigenvalue weighted by atomic mass is 16.5. The number of piperidine rings is 1. The predicted octanol–water partition coefficient (Wildman–Crippen LogP) is 5.27. The molecule has 0 amide bonds. The number of aromatic nitrogens is 2. The molecule has 0 N–H and O–H groups in total. The number of benzene rings is 2. The van der Waals surface area contributed by atoms with E-state index < -0.39 is 0 Å². The molecule has 0 bridgehead atoms. The second-order valence-electron chi connectivity index (χ2n) is 8.58. The molecule has 0 unspecified atom stereocenters. The first kappa shape index (κ1) is 21.3. The molecule has 1 fully saturated rings. The summed E-state index contributed by atoms with van der Waals surface area (Å²) in [5.41, 5.74) is 5.62. The van der Waals surface area contributed by atoms with Crippen molar-refractivity contribution >= 4 is 22.8 Å². The Bertz CT molecular complexity index is 1060. The van der Waals surface area contributed by atoms with Gasteiger partial charge < -0.3 is 9.64 Å². The summed E-state index contributed by atoms with van der Waals surface area (Å²) in [6, 6.07) is 14.7. The molecule has 2 heterocycles. The van der Waals surface area contributed by atoms with E-state index in [9.17, 15) is 4.79 Å². The summed E-state index contributed by atoms with van der Waals surface area (Å²) < 4.78 is 5.44. The van der Waals surface area contributed by atoms with Gasteiger partial charge in [-0.05, 0) is 74.3 Å². The Morgan fingerprint density at radius 1 is 1.03 bits per heavy atom. The van der Waals surface area contributed by atoms with Crippen LogP contribution in [0.5, 0.6) is 0 Å². The van der Waals surface area contributed by atoms with Crippen LogP contribution < -0.4 is 4.90 Å². The number of aryl methyl sites for hydroxylation is 2. The van der Waals surface area contributed by atoms with E-state index in [-0.39, 0.29) is 5.97 Å². The zero-order valence-electron chi connectivity index (χ0n) is 18.7. The molecule has 1 aliphatic heterocycles. The van der Waals surface area contributed by atoms with Crippen LogP contribution in [0.1, 0.15) is 53.4 Å². The first-order valence-corrected chi connectivity index (χ1v) is 11.3. The van der Waals surface area contributed by atoms with Crippen LogP contribution in [0.3, 0.4) is 0 Å². The van der Waals surface area contributed by atoms with E-state index in [4.69, 9.17) is 14.7 Å². The van der Waals surface area contributed by atoms with Crippen LogP contribution >= 0.6 is 0 Å². The Morgan fingerprint density at radius 3 is 2.32 bits per heavy atom. The smallest absolute Gasteiger partial charge is 0.360 e. The van der Waals surface area contributed by atoms with Gasteiger partial charge in [-0.25, -0.2) is 14.8 Å². The molecule has 1 saturated heterocycles. The number of ether oxygens (including phenoxy) is 1.